The Balaban J connectivity index is 2.18. The van der Waals surface area contributed by atoms with Gasteiger partial charge in [0.25, 0.3) is 0 Å². The summed E-state index contributed by atoms with van der Waals surface area (Å²) < 4.78 is 28.7. The number of hydrogen-bond donors (Lipinski definition) is 2. The smallest absolute Gasteiger partial charge is 0.240 e. The quantitative estimate of drug-likeness (QED) is 0.848. The van der Waals surface area contributed by atoms with Gasteiger partial charge in [0, 0.05) is 23.4 Å². The van der Waals surface area contributed by atoms with E-state index in [2.05, 4.69) is 53.7 Å². The Morgan fingerprint density at radius 2 is 1.57 bits per heavy atom. The largest absolute Gasteiger partial charge is 0.337 e. The lowest BCUT2D eigenvalue weighted by molar-refractivity contribution is -0.787. The molecular formula is C15H24BrN2O2S+. The van der Waals surface area contributed by atoms with Crippen LogP contribution in [0.1, 0.15) is 40.5 Å². The molecule has 0 bridgehead atoms. The molecule has 0 aromatic heterocycles. The van der Waals surface area contributed by atoms with Crippen molar-refractivity contribution in [1.82, 2.24) is 4.72 Å². The Morgan fingerprint density at radius 1 is 1.10 bits per heavy atom. The van der Waals surface area contributed by atoms with Crippen molar-refractivity contribution in [2.24, 2.45) is 0 Å². The molecule has 0 saturated carbocycles. The van der Waals surface area contributed by atoms with Gasteiger partial charge in [0.15, 0.2) is 0 Å². The van der Waals surface area contributed by atoms with Crippen molar-refractivity contribution in [3.05, 3.63) is 28.7 Å². The Morgan fingerprint density at radius 3 is 2.05 bits per heavy atom. The van der Waals surface area contributed by atoms with Gasteiger partial charge in [-0.05, 0) is 52.0 Å². The standard InChI is InChI=1S/C15H23BrN2O2S/c1-14(2)9-12(10-15(3,4)18-14)17-21(19,20)13-7-5-11(16)6-8-13/h5-8,12,17-18H,9-10H2,1-4H3/p+1. The summed E-state index contributed by atoms with van der Waals surface area (Å²) in [5.74, 6) is 0. The highest BCUT2D eigenvalue weighted by Crippen LogP contribution is 2.23. The van der Waals surface area contributed by atoms with E-state index in [0.29, 0.717) is 4.90 Å². The summed E-state index contributed by atoms with van der Waals surface area (Å²) >= 11 is 3.32. The summed E-state index contributed by atoms with van der Waals surface area (Å²) in [6.07, 6.45) is 1.65. The van der Waals surface area contributed by atoms with Crippen LogP contribution in [0.25, 0.3) is 0 Å². The van der Waals surface area contributed by atoms with Gasteiger partial charge in [-0.1, -0.05) is 15.9 Å². The van der Waals surface area contributed by atoms with Gasteiger partial charge in [0.05, 0.1) is 16.0 Å². The molecule has 1 heterocycles. The number of benzene rings is 1. The first-order valence-electron chi connectivity index (χ1n) is 7.14. The van der Waals surface area contributed by atoms with Gasteiger partial charge in [0.1, 0.15) is 0 Å². The highest BCUT2D eigenvalue weighted by Gasteiger charge is 2.42. The molecule has 0 amide bonds. The predicted octanol–water partition coefficient (Wildman–Crippen LogP) is 2.01. The zero-order valence-electron chi connectivity index (χ0n) is 13.0. The number of nitrogens with one attached hydrogen (secondary N) is 1. The second-order valence-corrected chi connectivity index (χ2v) is 9.93. The maximum Gasteiger partial charge on any atom is 0.240 e. The summed E-state index contributed by atoms with van der Waals surface area (Å²) in [7, 11) is -3.46. The van der Waals surface area contributed by atoms with Crippen LogP contribution < -0.4 is 10.0 Å². The first kappa shape index (κ1) is 16.9. The lowest BCUT2D eigenvalue weighted by atomic mass is 9.80. The fraction of sp³-hybridized carbons (Fsp3) is 0.600. The van der Waals surface area contributed by atoms with Crippen molar-refractivity contribution < 1.29 is 13.7 Å². The molecule has 0 radical (unpaired) electrons. The SMILES string of the molecule is CC1(C)CC(NS(=O)(=O)c2ccc(Br)cc2)CC(C)(C)[NH2+]1. The van der Waals surface area contributed by atoms with E-state index in [1.54, 1.807) is 24.3 Å². The molecule has 0 spiro atoms. The van der Waals surface area contributed by atoms with Gasteiger partial charge in [-0.25, -0.2) is 13.1 Å². The second kappa shape index (κ2) is 5.65. The first-order valence-corrected chi connectivity index (χ1v) is 9.42. The van der Waals surface area contributed by atoms with Crippen molar-refractivity contribution in [2.75, 3.05) is 0 Å². The van der Waals surface area contributed by atoms with E-state index in [9.17, 15) is 8.42 Å². The van der Waals surface area contributed by atoms with Crippen molar-refractivity contribution >= 4 is 26.0 Å². The first-order chi connectivity index (χ1) is 9.49. The number of nitrogens with two attached hydrogens (primary N) is 1. The molecule has 6 heteroatoms. The van der Waals surface area contributed by atoms with E-state index in [0.717, 1.165) is 17.3 Å². The van der Waals surface area contributed by atoms with E-state index in [-0.39, 0.29) is 17.1 Å². The molecule has 1 saturated heterocycles. The third-order valence-corrected chi connectivity index (χ3v) is 5.84. The van der Waals surface area contributed by atoms with E-state index in [4.69, 9.17) is 0 Å². The molecule has 0 aliphatic carbocycles. The minimum absolute atomic E-state index is 0.0337. The van der Waals surface area contributed by atoms with Crippen LogP contribution in [0.4, 0.5) is 0 Å². The number of piperidine rings is 1. The van der Waals surface area contributed by atoms with E-state index >= 15 is 0 Å². The molecule has 1 aromatic carbocycles. The highest BCUT2D eigenvalue weighted by molar-refractivity contribution is 9.10. The molecule has 3 N–H and O–H groups in total. The van der Waals surface area contributed by atoms with Crippen LogP contribution >= 0.6 is 15.9 Å². The maximum absolute atomic E-state index is 12.5. The van der Waals surface area contributed by atoms with Gasteiger partial charge in [-0.15, -0.1) is 0 Å². The molecule has 2 rings (SSSR count). The van der Waals surface area contributed by atoms with Crippen molar-refractivity contribution in [1.29, 1.82) is 0 Å². The Kier molecular flexibility index (Phi) is 4.55. The molecule has 21 heavy (non-hydrogen) atoms. The van der Waals surface area contributed by atoms with E-state index in [1.165, 1.54) is 0 Å². The van der Waals surface area contributed by atoms with Crippen LogP contribution in [0.3, 0.4) is 0 Å². The van der Waals surface area contributed by atoms with Crippen molar-refractivity contribution in [3.8, 4) is 0 Å². The zero-order chi connectivity index (χ0) is 15.9. The Hall–Kier alpha value is -0.430. The fourth-order valence-corrected chi connectivity index (χ4v) is 5.00. The summed E-state index contributed by atoms with van der Waals surface area (Å²) in [6.45, 7) is 8.65. The van der Waals surface area contributed by atoms with Crippen LogP contribution in [0.5, 0.6) is 0 Å². The molecule has 0 atom stereocenters. The van der Waals surface area contributed by atoms with Crippen molar-refractivity contribution in [3.63, 3.8) is 0 Å². The lowest BCUT2D eigenvalue weighted by Crippen LogP contribution is -3.06. The minimum Gasteiger partial charge on any atom is -0.337 e. The molecule has 118 valence electrons. The monoisotopic (exact) mass is 375 g/mol. The van der Waals surface area contributed by atoms with Gasteiger partial charge >= 0.3 is 0 Å². The van der Waals surface area contributed by atoms with Crippen LogP contribution in [-0.2, 0) is 10.0 Å². The topological polar surface area (TPSA) is 62.8 Å². The number of sulfonamides is 1. The molecule has 1 aliphatic heterocycles. The summed E-state index contributed by atoms with van der Waals surface area (Å²) in [5.41, 5.74) is 0.0727. The molecule has 1 aliphatic rings. The number of rotatable bonds is 3. The molecular weight excluding hydrogens is 352 g/mol. The highest BCUT2D eigenvalue weighted by atomic mass is 79.9. The molecule has 1 aromatic rings. The molecule has 1 fully saturated rings. The Labute approximate surface area is 135 Å². The van der Waals surface area contributed by atoms with Gasteiger partial charge in [-0.3, -0.25) is 0 Å². The second-order valence-electron chi connectivity index (χ2n) is 7.30. The third-order valence-electron chi connectivity index (χ3n) is 3.77. The van der Waals surface area contributed by atoms with Crippen LogP contribution in [0.15, 0.2) is 33.6 Å². The van der Waals surface area contributed by atoms with Gasteiger partial charge < -0.3 is 5.32 Å². The van der Waals surface area contributed by atoms with Crippen LogP contribution in [0.2, 0.25) is 0 Å². The molecule has 0 unspecified atom stereocenters. The average Bonchev–Trinajstić information content (AvgIpc) is 2.23. The van der Waals surface area contributed by atoms with Gasteiger partial charge in [0.2, 0.25) is 10.0 Å². The van der Waals surface area contributed by atoms with Crippen LogP contribution in [0, 0.1) is 0 Å². The number of halogens is 1. The maximum atomic E-state index is 12.5. The predicted molar refractivity (Wildman–Crippen MR) is 87.6 cm³/mol. The lowest BCUT2D eigenvalue weighted by Gasteiger charge is -2.43. The van der Waals surface area contributed by atoms with Crippen LogP contribution in [-0.4, -0.2) is 25.5 Å². The zero-order valence-corrected chi connectivity index (χ0v) is 15.4. The van der Waals surface area contributed by atoms with E-state index in [1.807, 2.05) is 0 Å². The number of quaternary nitrogens is 1. The summed E-state index contributed by atoms with van der Waals surface area (Å²) in [6, 6.07) is 6.71. The summed E-state index contributed by atoms with van der Waals surface area (Å²) in [5, 5.41) is 2.34. The minimum atomic E-state index is -3.46. The third kappa shape index (κ3) is 4.52. The van der Waals surface area contributed by atoms with Gasteiger partial charge in [-0.2, -0.15) is 0 Å². The van der Waals surface area contributed by atoms with E-state index < -0.39 is 10.0 Å². The number of hydrogen-bond acceptors (Lipinski definition) is 2. The normalized spacial score (nSPS) is 22.1. The van der Waals surface area contributed by atoms with Crippen molar-refractivity contribution in [2.45, 2.75) is 62.6 Å². The average molecular weight is 376 g/mol. The molecule has 4 nitrogen and oxygen atoms in total. The summed E-state index contributed by atoms with van der Waals surface area (Å²) in [4.78, 5) is 0.316. The Bertz CT molecular complexity index is 593. The fourth-order valence-electron chi connectivity index (χ4n) is 3.50.